The van der Waals surface area contributed by atoms with Gasteiger partial charge in [0.1, 0.15) is 0 Å². The summed E-state index contributed by atoms with van der Waals surface area (Å²) in [6.45, 7) is 13.0. The minimum Gasteiger partial charge on any atom is -0.307 e. The molecule has 0 fully saturated rings. The van der Waals surface area contributed by atoms with Crippen LogP contribution in [0.1, 0.15) is 39.1 Å². The van der Waals surface area contributed by atoms with E-state index in [9.17, 15) is 0 Å². The molecule has 1 aromatic heterocycles. The molecule has 0 aromatic carbocycles. The number of hydrogen-bond acceptors (Lipinski definition) is 3. The van der Waals surface area contributed by atoms with Crippen molar-refractivity contribution in [3.63, 3.8) is 0 Å². The third-order valence-electron chi connectivity index (χ3n) is 3.45. The fraction of sp³-hybridized carbons (Fsp3) is 0.786. The molecule has 4 nitrogen and oxygen atoms in total. The van der Waals surface area contributed by atoms with Crippen LogP contribution in [-0.4, -0.2) is 40.4 Å². The molecular weight excluding hydrogens is 224 g/mol. The molecule has 1 atom stereocenters. The lowest BCUT2D eigenvalue weighted by atomic mass is 10.2. The first-order chi connectivity index (χ1) is 8.60. The van der Waals surface area contributed by atoms with Crippen molar-refractivity contribution < 1.29 is 0 Å². The molecule has 0 spiro atoms. The molecule has 1 rings (SSSR count). The molecule has 1 aromatic rings. The summed E-state index contributed by atoms with van der Waals surface area (Å²) in [5, 5.41) is 8.04. The van der Waals surface area contributed by atoms with Gasteiger partial charge in [0, 0.05) is 26.2 Å². The second-order valence-electron chi connectivity index (χ2n) is 4.87. The number of hydrogen-bond donors (Lipinski definition) is 1. The predicted octanol–water partition coefficient (Wildman–Crippen LogP) is 1.80. The Balaban J connectivity index is 2.41. The summed E-state index contributed by atoms with van der Waals surface area (Å²) in [6, 6.07) is 2.70. The monoisotopic (exact) mass is 252 g/mol. The number of aryl methyl sites for hydroxylation is 2. The Morgan fingerprint density at radius 3 is 2.50 bits per heavy atom. The molecule has 0 saturated carbocycles. The quantitative estimate of drug-likeness (QED) is 0.766. The summed E-state index contributed by atoms with van der Waals surface area (Å²) in [5.41, 5.74) is 2.43. The van der Waals surface area contributed by atoms with Gasteiger partial charge in [0.25, 0.3) is 0 Å². The van der Waals surface area contributed by atoms with Crippen LogP contribution in [0.3, 0.4) is 0 Å². The molecule has 0 aliphatic heterocycles. The zero-order valence-electron chi connectivity index (χ0n) is 12.5. The highest BCUT2D eigenvalue weighted by atomic mass is 15.3. The molecule has 0 bridgehead atoms. The lowest BCUT2D eigenvalue weighted by molar-refractivity contribution is 0.270. The van der Waals surface area contributed by atoms with Crippen LogP contribution in [0.5, 0.6) is 0 Å². The van der Waals surface area contributed by atoms with E-state index in [0.29, 0.717) is 6.04 Å². The number of nitrogens with one attached hydrogen (secondary N) is 1. The van der Waals surface area contributed by atoms with E-state index in [2.05, 4.69) is 49.1 Å². The van der Waals surface area contributed by atoms with Gasteiger partial charge in [0.2, 0.25) is 0 Å². The highest BCUT2D eigenvalue weighted by Crippen LogP contribution is 2.04. The average Bonchev–Trinajstić information content (AvgIpc) is 2.74. The maximum atomic E-state index is 4.47. The summed E-state index contributed by atoms with van der Waals surface area (Å²) in [6.07, 6.45) is 1.00. The average molecular weight is 252 g/mol. The maximum Gasteiger partial charge on any atom is 0.0625 e. The van der Waals surface area contributed by atoms with E-state index in [1.165, 1.54) is 11.4 Å². The van der Waals surface area contributed by atoms with Crippen molar-refractivity contribution >= 4 is 0 Å². The van der Waals surface area contributed by atoms with Crippen molar-refractivity contribution in [2.75, 3.05) is 19.6 Å². The van der Waals surface area contributed by atoms with E-state index < -0.39 is 0 Å². The number of aromatic nitrogens is 2. The first-order valence-electron chi connectivity index (χ1n) is 7.08. The molecule has 18 heavy (non-hydrogen) atoms. The lowest BCUT2D eigenvalue weighted by Gasteiger charge is -2.23. The third kappa shape index (κ3) is 4.42. The summed E-state index contributed by atoms with van der Waals surface area (Å²) in [5.74, 6) is 0. The fourth-order valence-corrected chi connectivity index (χ4v) is 2.12. The lowest BCUT2D eigenvalue weighted by Crippen LogP contribution is -2.39. The molecule has 0 radical (unpaired) electrons. The molecule has 1 unspecified atom stereocenters. The highest BCUT2D eigenvalue weighted by Gasteiger charge is 2.08. The van der Waals surface area contributed by atoms with Gasteiger partial charge in [0.05, 0.1) is 11.4 Å². The van der Waals surface area contributed by atoms with Crippen LogP contribution < -0.4 is 5.32 Å². The molecule has 0 aliphatic carbocycles. The summed E-state index contributed by atoms with van der Waals surface area (Å²) < 4.78 is 1.98. The van der Waals surface area contributed by atoms with Crippen LogP contribution in [0.15, 0.2) is 6.07 Å². The number of rotatable bonds is 8. The maximum absolute atomic E-state index is 4.47. The summed E-state index contributed by atoms with van der Waals surface area (Å²) in [7, 11) is 2.02. The van der Waals surface area contributed by atoms with Gasteiger partial charge in [-0.2, -0.15) is 5.10 Å². The van der Waals surface area contributed by atoms with Gasteiger partial charge in [-0.05, 0) is 32.5 Å². The van der Waals surface area contributed by atoms with Crippen LogP contribution in [0.2, 0.25) is 0 Å². The van der Waals surface area contributed by atoms with Gasteiger partial charge < -0.3 is 10.2 Å². The molecule has 0 amide bonds. The standard InChI is InChI=1S/C14H28N4/c1-6-13-9-14(17(5)16-13)10-15-12(4)11-18(7-2)8-3/h9,12,15H,6-8,10-11H2,1-5H3. The van der Waals surface area contributed by atoms with Crippen molar-refractivity contribution in [2.24, 2.45) is 7.05 Å². The van der Waals surface area contributed by atoms with Crippen LogP contribution >= 0.6 is 0 Å². The Kier molecular flexibility index (Phi) is 6.36. The van der Waals surface area contributed by atoms with Gasteiger partial charge >= 0.3 is 0 Å². The summed E-state index contributed by atoms with van der Waals surface area (Å²) in [4.78, 5) is 2.44. The van der Waals surface area contributed by atoms with Gasteiger partial charge in [-0.15, -0.1) is 0 Å². The largest absolute Gasteiger partial charge is 0.307 e. The highest BCUT2D eigenvalue weighted by molar-refractivity contribution is 5.10. The summed E-state index contributed by atoms with van der Waals surface area (Å²) >= 11 is 0. The Morgan fingerprint density at radius 2 is 2.00 bits per heavy atom. The van der Waals surface area contributed by atoms with E-state index in [1.807, 2.05) is 11.7 Å². The topological polar surface area (TPSA) is 33.1 Å². The number of nitrogens with zero attached hydrogens (tertiary/aromatic N) is 3. The van der Waals surface area contributed by atoms with Gasteiger partial charge in [-0.25, -0.2) is 0 Å². The van der Waals surface area contributed by atoms with E-state index in [4.69, 9.17) is 0 Å². The Hall–Kier alpha value is -0.870. The van der Waals surface area contributed by atoms with E-state index in [0.717, 1.165) is 32.6 Å². The Morgan fingerprint density at radius 1 is 1.33 bits per heavy atom. The minimum atomic E-state index is 0.505. The molecule has 0 saturated heterocycles. The van der Waals surface area contributed by atoms with Gasteiger partial charge in [0.15, 0.2) is 0 Å². The smallest absolute Gasteiger partial charge is 0.0625 e. The van der Waals surface area contributed by atoms with Gasteiger partial charge in [-0.3, -0.25) is 4.68 Å². The fourth-order valence-electron chi connectivity index (χ4n) is 2.12. The SMILES string of the molecule is CCc1cc(CNC(C)CN(CC)CC)n(C)n1. The first-order valence-corrected chi connectivity index (χ1v) is 7.08. The minimum absolute atomic E-state index is 0.505. The molecule has 1 heterocycles. The van der Waals surface area contributed by atoms with Crippen LogP contribution in [0, 0.1) is 0 Å². The van der Waals surface area contributed by atoms with Crippen LogP contribution in [-0.2, 0) is 20.0 Å². The molecular formula is C14H28N4. The molecule has 1 N–H and O–H groups in total. The Bertz CT molecular complexity index is 342. The third-order valence-corrected chi connectivity index (χ3v) is 3.45. The molecule has 0 aliphatic rings. The van der Waals surface area contributed by atoms with Crippen LogP contribution in [0.4, 0.5) is 0 Å². The van der Waals surface area contributed by atoms with E-state index in [1.54, 1.807) is 0 Å². The van der Waals surface area contributed by atoms with Crippen LogP contribution in [0.25, 0.3) is 0 Å². The van der Waals surface area contributed by atoms with Gasteiger partial charge in [-0.1, -0.05) is 20.8 Å². The second-order valence-corrected chi connectivity index (χ2v) is 4.87. The van der Waals surface area contributed by atoms with Crippen molar-refractivity contribution in [2.45, 2.75) is 46.7 Å². The van der Waals surface area contributed by atoms with Crippen molar-refractivity contribution in [1.82, 2.24) is 20.0 Å². The Labute approximate surface area is 111 Å². The normalized spacial score (nSPS) is 13.2. The zero-order chi connectivity index (χ0) is 13.5. The molecule has 104 valence electrons. The van der Waals surface area contributed by atoms with Crippen molar-refractivity contribution in [1.29, 1.82) is 0 Å². The number of likely N-dealkylation sites (N-methyl/N-ethyl adjacent to an activating group) is 1. The van der Waals surface area contributed by atoms with Crippen molar-refractivity contribution in [3.05, 3.63) is 17.5 Å². The second kappa shape index (κ2) is 7.54. The molecule has 4 heteroatoms. The van der Waals surface area contributed by atoms with E-state index >= 15 is 0 Å². The first kappa shape index (κ1) is 15.2. The zero-order valence-corrected chi connectivity index (χ0v) is 12.5. The van der Waals surface area contributed by atoms with E-state index in [-0.39, 0.29) is 0 Å². The van der Waals surface area contributed by atoms with Crippen molar-refractivity contribution in [3.8, 4) is 0 Å². The predicted molar refractivity (Wildman–Crippen MR) is 76.7 cm³/mol.